The number of rotatable bonds is 49. The zero-order valence-corrected chi connectivity index (χ0v) is 81.3. The van der Waals surface area contributed by atoms with Gasteiger partial charge in [-0.15, -0.1) is 0 Å². The van der Waals surface area contributed by atoms with Gasteiger partial charge in [0.2, 0.25) is 0 Å². The molecule has 1 aliphatic rings. The zero-order valence-electron chi connectivity index (χ0n) is 74.3. The van der Waals surface area contributed by atoms with Crippen molar-refractivity contribution in [3.05, 3.63) is 0 Å². The lowest BCUT2D eigenvalue weighted by Crippen LogP contribution is -2.67. The van der Waals surface area contributed by atoms with E-state index in [0.717, 1.165) is 0 Å². The highest BCUT2D eigenvalue weighted by molar-refractivity contribution is 6.94. The Morgan fingerprint density at radius 3 is 0.299 bits per heavy atom. The SMILES string of the molecule is C[Si]1(CCCOC(=O)COC(F)(C(F)(F)F)C(F)(F)F)O[Si](C)(CCCOC(=O)COC(F)(C(F)(F)F)C(F)(F)F)O[Si](C)(CCCOC(=O)COC(F)(C(F)(F)F)C(F)(F)F)O[Si](C)(CCCOC(=O)COC(F)(C(F)(F)F)C(F)(F)F)O[Si](C)(CCCOC(=O)COC(F)(C(F)(F)F)C(F)(F)F)O[Si](C)(CCCOC(=O)COC(F)(C(F)(F)F)C(F)(F)F)O[Si](C)(CCCOC(=O)COC(F)(C(F)(F)F)C(F)(F)F)O1. The molecule has 0 spiro atoms. The quantitative estimate of drug-likeness (QED) is 0.0180. The van der Waals surface area contributed by atoms with Gasteiger partial charge < -0.3 is 95.1 Å². The van der Waals surface area contributed by atoms with Crippen molar-refractivity contribution >= 4 is 102 Å². The summed E-state index contributed by atoms with van der Waals surface area (Å²) in [6.45, 7) is -25.8. The molecule has 1 rings (SSSR count). The minimum absolute atomic E-state index is 0.635. The molecule has 868 valence electrons. The van der Waals surface area contributed by atoms with Crippen molar-refractivity contribution in [1.82, 2.24) is 0 Å². The Morgan fingerprint density at radius 2 is 0.231 bits per heavy atom. The summed E-state index contributed by atoms with van der Waals surface area (Å²) in [4.78, 5) is 90.2. The smallest absolute Gasteiger partial charge is 0.458 e. The van der Waals surface area contributed by atoms with Crippen LogP contribution < -0.4 is 0 Å². The number of ether oxygens (including phenoxy) is 14. The van der Waals surface area contributed by atoms with E-state index in [0.29, 0.717) is 45.8 Å². The van der Waals surface area contributed by atoms with Gasteiger partial charge in [-0.2, -0.15) is 215 Å². The Bertz CT molecular complexity index is 3380. The second kappa shape index (κ2) is 50.1. The Morgan fingerprint density at radius 1 is 0.156 bits per heavy atom. The standard InChI is InChI=1S/C63H77F49O28Si7/c1-141(22-8-15-120-36(113)29-127-43(64,50(71,72)73)51(74,75)76)134-142(2,23-9-16-121-37(114)30-128-44(65,52(77,78)79)53(80,81)82)136-144(4,25-11-18-123-39(116)32-130-46(67,56(89,90)91)57(92,93)94)138-146(6,27-13-20-125-41(118)34-132-48(69,60(101,102)103)61(104,105)106)140-147(7,28-14-21-126-42(119)35-133-49(70,62(107,108)109)63(110,111)112)139-145(5,26-12-19-124-40(117)33-131-47(68,58(95,96)97)59(98,99)100)137-143(3,135-141)24-10-17-122-38(115)31-129-45(66,54(83,84)85)55(86,87)88/h8-35H2,1-7H3. The van der Waals surface area contributed by atoms with Crippen molar-refractivity contribution in [1.29, 1.82) is 0 Å². The molecule has 0 radical (unpaired) electrons. The molecule has 1 aliphatic heterocycles. The lowest BCUT2D eigenvalue weighted by Gasteiger charge is -2.50. The van der Waals surface area contributed by atoms with Crippen LogP contribution in [0.4, 0.5) is 215 Å². The summed E-state index contributed by atoms with van der Waals surface area (Å²) < 4.78 is 771. The molecule has 0 aliphatic carbocycles. The van der Waals surface area contributed by atoms with Gasteiger partial charge in [-0.3, -0.25) is 0 Å². The second-order valence-corrected chi connectivity index (χ2v) is 56.2. The summed E-state index contributed by atoms with van der Waals surface area (Å²) in [7, 11) is -39.6. The van der Waals surface area contributed by atoms with Gasteiger partial charge in [0.05, 0.1) is 46.2 Å². The number of esters is 7. The minimum atomic E-state index is -7.14. The van der Waals surface area contributed by atoms with Crippen LogP contribution in [-0.4, -0.2) is 322 Å². The summed E-state index contributed by atoms with van der Waals surface area (Å²) in [6.07, 6.45) is -109. The van der Waals surface area contributed by atoms with E-state index in [1.54, 1.807) is 0 Å². The highest BCUT2D eigenvalue weighted by atomic mass is 28.5. The van der Waals surface area contributed by atoms with E-state index >= 15 is 0 Å². The van der Waals surface area contributed by atoms with Crippen LogP contribution in [0.15, 0.2) is 0 Å². The Balaban J connectivity index is 5.41. The molecule has 0 bridgehead atoms. The average molecular weight is 2410 g/mol. The predicted octanol–water partition coefficient (Wildman–Crippen LogP) is 19.8. The van der Waals surface area contributed by atoms with Crippen molar-refractivity contribution < 1.29 is 344 Å². The molecule has 0 atom stereocenters. The van der Waals surface area contributed by atoms with E-state index < -0.39 is 409 Å². The third-order valence-corrected chi connectivity index (χ3v) is 51.1. The maximum Gasteiger partial charge on any atom is 0.458 e. The van der Waals surface area contributed by atoms with Crippen molar-refractivity contribution in [2.24, 2.45) is 0 Å². The predicted molar refractivity (Wildman–Crippen MR) is 385 cm³/mol. The fraction of sp³-hybridized carbons (Fsp3) is 0.889. The largest absolute Gasteiger partial charge is 0.464 e. The maximum atomic E-state index is 14.6. The molecule has 0 aromatic heterocycles. The van der Waals surface area contributed by atoms with Crippen LogP contribution in [0, 0.1) is 0 Å². The van der Waals surface area contributed by atoms with E-state index in [-0.39, 0.29) is 0 Å². The molecule has 0 aromatic rings. The van der Waals surface area contributed by atoms with Crippen LogP contribution in [0.5, 0.6) is 0 Å². The molecule has 0 saturated carbocycles. The molecule has 1 heterocycles. The van der Waals surface area contributed by atoms with E-state index in [1.807, 2.05) is 0 Å². The topological polar surface area (TPSA) is 313 Å². The molecule has 147 heavy (non-hydrogen) atoms. The van der Waals surface area contributed by atoms with Crippen molar-refractivity contribution in [3.8, 4) is 0 Å². The zero-order chi connectivity index (χ0) is 116. The fourth-order valence-electron chi connectivity index (χ4n) is 11.8. The summed E-state index contributed by atoms with van der Waals surface area (Å²) in [6, 6.07) is -9.17. The Labute approximate surface area is 796 Å². The third-order valence-electron chi connectivity index (χ3n) is 18.1. The number of carbonyl (C=O) groups excluding carboxylic acids is 7. The maximum absolute atomic E-state index is 14.6. The van der Waals surface area contributed by atoms with Gasteiger partial charge in [0.1, 0.15) is 46.2 Å². The van der Waals surface area contributed by atoms with E-state index in [9.17, 15) is 249 Å². The van der Waals surface area contributed by atoms with Gasteiger partial charge in [-0.25, -0.2) is 33.6 Å². The van der Waals surface area contributed by atoms with E-state index in [4.69, 9.17) is 28.8 Å². The van der Waals surface area contributed by atoms with Gasteiger partial charge >= 0.3 is 229 Å². The third kappa shape index (κ3) is 39.3. The second-order valence-electron chi connectivity index (χ2n) is 31.1. The normalized spacial score (nSPS) is 22.5. The first-order chi connectivity index (χ1) is 65.2. The van der Waals surface area contributed by atoms with Crippen molar-refractivity contribution in [2.45, 2.75) is 261 Å². The Hall–Kier alpha value is -6.18. The molecule has 84 heteroatoms. The molecule has 0 unspecified atom stereocenters. The summed E-state index contributed by atoms with van der Waals surface area (Å²) in [5.74, 6) is -64.6. The summed E-state index contributed by atoms with van der Waals surface area (Å²) >= 11 is 0. The monoisotopic (exact) mass is 2410 g/mol. The van der Waals surface area contributed by atoms with Crippen molar-refractivity contribution in [3.63, 3.8) is 0 Å². The lowest BCUT2D eigenvalue weighted by molar-refractivity contribution is -0.428. The van der Waals surface area contributed by atoms with Crippen LogP contribution in [0.25, 0.3) is 0 Å². The number of carbonyl (C=O) groups is 7. The molecule has 1 fully saturated rings. The highest BCUT2D eigenvalue weighted by Crippen LogP contribution is 2.55. The van der Waals surface area contributed by atoms with E-state index in [2.05, 4.69) is 66.3 Å². The van der Waals surface area contributed by atoms with Gasteiger partial charge in [-0.05, 0) is 133 Å². The van der Waals surface area contributed by atoms with E-state index in [1.165, 1.54) is 0 Å². The number of alkyl halides is 49. The Kier molecular flexibility index (Phi) is 47.3. The first-order valence-corrected chi connectivity index (χ1v) is 57.1. The first-order valence-electron chi connectivity index (χ1n) is 39.4. The average Bonchev–Trinajstić information content (AvgIpc) is 0.737. The van der Waals surface area contributed by atoms with Crippen LogP contribution in [-0.2, 0) is 129 Å². The lowest BCUT2D eigenvalue weighted by atomic mass is 10.3. The molecule has 28 nitrogen and oxygen atoms in total. The summed E-state index contributed by atoms with van der Waals surface area (Å²) in [5.41, 5.74) is 0. The molecule has 1 saturated heterocycles. The van der Waals surface area contributed by atoms with Crippen molar-refractivity contribution in [2.75, 3.05) is 92.5 Å². The molecular weight excluding hydrogens is 2330 g/mol. The first kappa shape index (κ1) is 139. The number of hydrogen-bond acceptors (Lipinski definition) is 28. The van der Waals surface area contributed by atoms with Gasteiger partial charge in [-0.1, -0.05) is 0 Å². The van der Waals surface area contributed by atoms with Gasteiger partial charge in [0.25, 0.3) is 0 Å². The van der Waals surface area contributed by atoms with Crippen LogP contribution in [0.2, 0.25) is 88.1 Å². The fourth-order valence-corrected chi connectivity index (χ4v) is 52.4. The molecule has 0 N–H and O–H groups in total. The van der Waals surface area contributed by atoms with Crippen LogP contribution >= 0.6 is 0 Å². The van der Waals surface area contributed by atoms with Gasteiger partial charge in [0.15, 0.2) is 0 Å². The van der Waals surface area contributed by atoms with Gasteiger partial charge in [0, 0.05) is 0 Å². The van der Waals surface area contributed by atoms with Crippen LogP contribution in [0.3, 0.4) is 0 Å². The van der Waals surface area contributed by atoms with Crippen LogP contribution in [0.1, 0.15) is 44.9 Å². The molecular formula is C63H77F49O28Si7. The highest BCUT2D eigenvalue weighted by Gasteiger charge is 2.81. The summed E-state index contributed by atoms with van der Waals surface area (Å²) in [5, 5.41) is 0. The number of hydrogen-bond donors (Lipinski definition) is 0. The minimum Gasteiger partial charge on any atom is -0.464 e. The number of halogens is 49. The molecule has 0 amide bonds. The molecule has 0 aromatic carbocycles.